The number of benzene rings is 2. The van der Waals surface area contributed by atoms with Crippen molar-refractivity contribution in [1.82, 2.24) is 0 Å². The zero-order valence-corrected chi connectivity index (χ0v) is 16.0. The lowest BCUT2D eigenvalue weighted by Crippen LogP contribution is -2.35. The first kappa shape index (κ1) is 24.2. The van der Waals surface area contributed by atoms with E-state index in [-0.39, 0.29) is 38.1 Å². The molecule has 0 aromatic heterocycles. The summed E-state index contributed by atoms with van der Waals surface area (Å²) in [6.45, 7) is -0.407. The van der Waals surface area contributed by atoms with E-state index in [9.17, 15) is 22.4 Å². The van der Waals surface area contributed by atoms with Crippen LogP contribution in [-0.2, 0) is 16.1 Å². The highest BCUT2D eigenvalue weighted by Crippen LogP contribution is 2.26. The van der Waals surface area contributed by atoms with Gasteiger partial charge in [0.15, 0.2) is 23.2 Å². The molecule has 10 heteroatoms. The lowest BCUT2D eigenvalue weighted by atomic mass is 10.1. The van der Waals surface area contributed by atoms with Crippen molar-refractivity contribution in [2.45, 2.75) is 19.1 Å². The zero-order valence-electron chi connectivity index (χ0n) is 14.4. The van der Waals surface area contributed by atoms with Crippen LogP contribution < -0.4 is 10.5 Å². The fourth-order valence-corrected chi connectivity index (χ4v) is 2.20. The first-order valence-corrected chi connectivity index (χ1v) is 8.23. The van der Waals surface area contributed by atoms with Crippen LogP contribution in [0, 0.1) is 23.3 Å². The van der Waals surface area contributed by atoms with Crippen LogP contribution in [0.25, 0.3) is 0 Å². The van der Waals surface area contributed by atoms with E-state index in [4.69, 9.17) is 22.1 Å². The lowest BCUT2D eigenvalue weighted by Gasteiger charge is -2.13. The van der Waals surface area contributed by atoms with Crippen molar-refractivity contribution in [3.8, 4) is 5.75 Å². The Bertz CT molecular complexity index is 780. The van der Waals surface area contributed by atoms with Gasteiger partial charge in [0.05, 0.1) is 12.6 Å². The minimum Gasteiger partial charge on any atom is -0.479 e. The van der Waals surface area contributed by atoms with Crippen molar-refractivity contribution in [3.05, 3.63) is 64.2 Å². The van der Waals surface area contributed by atoms with Gasteiger partial charge in [0.25, 0.3) is 0 Å². The summed E-state index contributed by atoms with van der Waals surface area (Å²) in [6.07, 6.45) is 0.123. The largest absolute Gasteiger partial charge is 0.479 e. The molecule has 0 saturated carbocycles. The Kier molecular flexibility index (Phi) is 9.68. The molecule has 0 amide bonds. The second kappa shape index (κ2) is 11.2. The fourth-order valence-electron chi connectivity index (χ4n) is 2.07. The summed E-state index contributed by atoms with van der Waals surface area (Å²) in [5, 5.41) is 0.595. The molecule has 0 radical (unpaired) electrons. The van der Waals surface area contributed by atoms with Gasteiger partial charge in [-0.1, -0.05) is 23.7 Å². The van der Waals surface area contributed by atoms with E-state index in [1.807, 2.05) is 0 Å². The molecule has 1 unspecified atom stereocenters. The molecule has 2 aromatic rings. The van der Waals surface area contributed by atoms with Gasteiger partial charge < -0.3 is 15.2 Å². The fraction of sp³-hybridized carbons (Fsp3) is 0.278. The molecule has 0 aliphatic rings. The van der Waals surface area contributed by atoms with Gasteiger partial charge in [-0.15, -0.1) is 12.4 Å². The van der Waals surface area contributed by atoms with Crippen LogP contribution in [0.2, 0.25) is 5.02 Å². The van der Waals surface area contributed by atoms with Crippen molar-refractivity contribution in [1.29, 1.82) is 0 Å². The number of hydrogen-bond acceptors (Lipinski definition) is 4. The van der Waals surface area contributed by atoms with E-state index in [1.54, 1.807) is 24.3 Å². The van der Waals surface area contributed by atoms with E-state index in [2.05, 4.69) is 4.74 Å². The van der Waals surface area contributed by atoms with Gasteiger partial charge in [-0.25, -0.2) is 8.78 Å². The Balaban J connectivity index is 0.00000392. The summed E-state index contributed by atoms with van der Waals surface area (Å²) in [6, 6.07) is 5.99. The Hall–Kier alpha value is -1.87. The summed E-state index contributed by atoms with van der Waals surface area (Å²) >= 11 is 5.76. The number of Topliss-reactive ketones (excluding diaryl/α,β-unsaturated/α-hetero) is 1. The number of nitrogens with two attached hydrogens (primary N) is 1. The van der Waals surface area contributed by atoms with Crippen LogP contribution in [0.5, 0.6) is 5.75 Å². The number of carbonyl (C=O) groups excluding carboxylic acids is 1. The number of ether oxygens (including phenoxy) is 2. The lowest BCUT2D eigenvalue weighted by molar-refractivity contribution is -0.122. The van der Waals surface area contributed by atoms with Crippen LogP contribution >= 0.6 is 24.0 Å². The van der Waals surface area contributed by atoms with Crippen LogP contribution in [0.4, 0.5) is 17.6 Å². The number of carbonyl (C=O) groups is 1. The molecule has 0 bridgehead atoms. The van der Waals surface area contributed by atoms with E-state index in [1.165, 1.54) is 0 Å². The highest BCUT2D eigenvalue weighted by atomic mass is 35.5. The minimum absolute atomic E-state index is 0. The topological polar surface area (TPSA) is 61.5 Å². The maximum absolute atomic E-state index is 13.5. The molecule has 1 atom stereocenters. The molecule has 28 heavy (non-hydrogen) atoms. The van der Waals surface area contributed by atoms with E-state index >= 15 is 0 Å². The van der Waals surface area contributed by atoms with Gasteiger partial charge in [0.2, 0.25) is 11.6 Å². The third-order valence-corrected chi connectivity index (χ3v) is 3.85. The van der Waals surface area contributed by atoms with Crippen molar-refractivity contribution in [2.24, 2.45) is 5.73 Å². The Morgan fingerprint density at radius 2 is 1.64 bits per heavy atom. The molecule has 2 rings (SSSR count). The van der Waals surface area contributed by atoms with E-state index < -0.39 is 47.5 Å². The highest BCUT2D eigenvalue weighted by molar-refractivity contribution is 6.30. The average Bonchev–Trinajstić information content (AvgIpc) is 2.64. The summed E-state index contributed by atoms with van der Waals surface area (Å²) < 4.78 is 63.0. The normalized spacial score (nSPS) is 11.6. The standard InChI is InChI=1S/C18H16ClF4NO3.ClH/c19-11-3-1-10(2-4-11)8-26-6-5-14(24)15(25)9-27-18-16(22)12(20)7-13(21)17(18)23;/h1-4,7,14H,5-6,8-9,24H2;1H. The molecule has 0 heterocycles. The third kappa shape index (κ3) is 6.63. The first-order chi connectivity index (χ1) is 12.8. The summed E-state index contributed by atoms with van der Waals surface area (Å²) in [7, 11) is 0. The zero-order chi connectivity index (χ0) is 20.0. The van der Waals surface area contributed by atoms with Crippen molar-refractivity contribution in [2.75, 3.05) is 13.2 Å². The summed E-state index contributed by atoms with van der Waals surface area (Å²) in [4.78, 5) is 11.9. The molecule has 154 valence electrons. The molecular weight excluding hydrogens is 425 g/mol. The first-order valence-electron chi connectivity index (χ1n) is 7.86. The Morgan fingerprint density at radius 3 is 2.21 bits per heavy atom. The smallest absolute Gasteiger partial charge is 0.203 e. The minimum atomic E-state index is -1.72. The quantitative estimate of drug-likeness (QED) is 0.359. The molecule has 2 N–H and O–H groups in total. The van der Waals surface area contributed by atoms with Crippen LogP contribution in [0.3, 0.4) is 0 Å². The van der Waals surface area contributed by atoms with Gasteiger partial charge in [-0.3, -0.25) is 4.79 Å². The van der Waals surface area contributed by atoms with Crippen molar-refractivity contribution in [3.63, 3.8) is 0 Å². The van der Waals surface area contributed by atoms with Gasteiger partial charge in [0.1, 0.15) is 6.61 Å². The number of ketones is 1. The maximum Gasteiger partial charge on any atom is 0.203 e. The van der Waals surface area contributed by atoms with Crippen LogP contribution in [-0.4, -0.2) is 25.0 Å². The second-order valence-corrected chi connectivity index (χ2v) is 6.06. The summed E-state index contributed by atoms with van der Waals surface area (Å²) in [5.74, 6) is -8.70. The maximum atomic E-state index is 13.5. The van der Waals surface area contributed by atoms with Crippen LogP contribution in [0.15, 0.2) is 30.3 Å². The van der Waals surface area contributed by atoms with Gasteiger partial charge in [0, 0.05) is 17.7 Å². The molecule has 0 saturated heterocycles. The predicted octanol–water partition coefficient (Wildman–Crippen LogP) is 4.20. The monoisotopic (exact) mass is 441 g/mol. The molecule has 0 fully saturated rings. The van der Waals surface area contributed by atoms with E-state index in [0.29, 0.717) is 5.02 Å². The highest BCUT2D eigenvalue weighted by Gasteiger charge is 2.22. The molecule has 0 aliphatic heterocycles. The van der Waals surface area contributed by atoms with Gasteiger partial charge in [-0.2, -0.15) is 8.78 Å². The molecule has 0 aliphatic carbocycles. The number of hydrogen-bond donors (Lipinski definition) is 1. The van der Waals surface area contributed by atoms with Crippen molar-refractivity contribution < 1.29 is 31.8 Å². The average molecular weight is 442 g/mol. The van der Waals surface area contributed by atoms with E-state index in [0.717, 1.165) is 5.56 Å². The van der Waals surface area contributed by atoms with Gasteiger partial charge in [-0.05, 0) is 24.1 Å². The Labute approximate surface area is 170 Å². The molecule has 2 aromatic carbocycles. The third-order valence-electron chi connectivity index (χ3n) is 3.60. The van der Waals surface area contributed by atoms with Crippen LogP contribution in [0.1, 0.15) is 12.0 Å². The molecular formula is C18H17Cl2F4NO3. The van der Waals surface area contributed by atoms with Crippen molar-refractivity contribution >= 4 is 29.8 Å². The van der Waals surface area contributed by atoms with Gasteiger partial charge >= 0.3 is 0 Å². The number of halogens is 6. The predicted molar refractivity (Wildman–Crippen MR) is 97.7 cm³/mol. The molecule has 0 spiro atoms. The Morgan fingerprint density at radius 1 is 1.07 bits per heavy atom. The second-order valence-electron chi connectivity index (χ2n) is 5.63. The molecule has 4 nitrogen and oxygen atoms in total. The summed E-state index contributed by atoms with van der Waals surface area (Å²) in [5.41, 5.74) is 6.53. The SMILES string of the molecule is Cl.NC(CCOCc1ccc(Cl)cc1)C(=O)COc1c(F)c(F)cc(F)c1F. The number of rotatable bonds is 9.